The van der Waals surface area contributed by atoms with E-state index in [9.17, 15) is 18.0 Å². The van der Waals surface area contributed by atoms with Crippen LogP contribution in [0.1, 0.15) is 43.2 Å². The molecule has 0 spiro atoms. The van der Waals surface area contributed by atoms with Crippen LogP contribution in [0.15, 0.2) is 60.7 Å². The lowest BCUT2D eigenvalue weighted by Crippen LogP contribution is -2.47. The molecule has 0 bridgehead atoms. The summed E-state index contributed by atoms with van der Waals surface area (Å²) in [6.45, 7) is 1.90. The Morgan fingerprint density at radius 2 is 1.53 bits per heavy atom. The van der Waals surface area contributed by atoms with Crippen LogP contribution in [0.5, 0.6) is 0 Å². The van der Waals surface area contributed by atoms with E-state index in [1.54, 1.807) is 0 Å². The van der Waals surface area contributed by atoms with Crippen molar-refractivity contribution in [2.75, 3.05) is 6.54 Å². The number of amides is 1. The highest BCUT2D eigenvalue weighted by Crippen LogP contribution is 2.35. The van der Waals surface area contributed by atoms with E-state index in [2.05, 4.69) is 39.2 Å². The first-order valence-electron chi connectivity index (χ1n) is 11.8. The summed E-state index contributed by atoms with van der Waals surface area (Å²) in [6.07, 6.45) is -3.74. The molecule has 1 saturated carbocycles. The van der Waals surface area contributed by atoms with Gasteiger partial charge in [-0.3, -0.25) is 14.4 Å². The summed E-state index contributed by atoms with van der Waals surface area (Å²) in [5.41, 5.74) is 2.25. The van der Waals surface area contributed by atoms with E-state index in [0.29, 0.717) is 32.5 Å². The van der Waals surface area contributed by atoms with Crippen LogP contribution in [0.25, 0.3) is 0 Å². The van der Waals surface area contributed by atoms with Crippen molar-refractivity contribution in [3.63, 3.8) is 0 Å². The zero-order chi connectivity index (χ0) is 24.0. The summed E-state index contributed by atoms with van der Waals surface area (Å²) in [4.78, 5) is 14.2. The molecule has 2 atom stereocenters. The van der Waals surface area contributed by atoms with Gasteiger partial charge in [0, 0.05) is 38.9 Å². The number of ether oxygens (including phenoxy) is 2. The smallest absolute Gasteiger partial charge is 0.360 e. The second-order valence-electron chi connectivity index (χ2n) is 9.19. The number of alkyl halides is 3. The first kappa shape index (κ1) is 24.7. The lowest BCUT2D eigenvalue weighted by molar-refractivity contribution is -0.359. The van der Waals surface area contributed by atoms with E-state index in [4.69, 9.17) is 4.74 Å². The molecule has 1 unspecified atom stereocenters. The molecule has 5 nitrogen and oxygen atoms in total. The van der Waals surface area contributed by atoms with Crippen molar-refractivity contribution in [3.05, 3.63) is 71.8 Å². The van der Waals surface area contributed by atoms with Crippen molar-refractivity contribution in [2.24, 2.45) is 5.92 Å². The molecule has 1 amide bonds. The summed E-state index contributed by atoms with van der Waals surface area (Å²) in [5, 5.41) is 2.87. The van der Waals surface area contributed by atoms with Crippen molar-refractivity contribution < 1.29 is 27.4 Å². The predicted octanol–water partition coefficient (Wildman–Crippen LogP) is 5.02. The molecule has 0 radical (unpaired) electrons. The minimum absolute atomic E-state index is 0.0370. The average Bonchev–Trinajstić information content (AvgIpc) is 2.77. The van der Waals surface area contributed by atoms with Gasteiger partial charge in [-0.15, -0.1) is 13.2 Å². The minimum Gasteiger partial charge on any atom is -0.360 e. The van der Waals surface area contributed by atoms with Gasteiger partial charge in [0.15, 0.2) is 0 Å². The number of hydrogen-bond donors (Lipinski definition) is 1. The molecule has 1 heterocycles. The molecule has 2 aromatic carbocycles. The number of carbonyl (C=O) groups excluding carboxylic acids is 1. The number of hydrogen-bond acceptors (Lipinski definition) is 4. The van der Waals surface area contributed by atoms with E-state index < -0.39 is 12.5 Å². The number of benzene rings is 2. The van der Waals surface area contributed by atoms with Crippen LogP contribution in [-0.2, 0) is 27.4 Å². The predicted molar refractivity (Wildman–Crippen MR) is 121 cm³/mol. The average molecular weight is 477 g/mol. The summed E-state index contributed by atoms with van der Waals surface area (Å²) in [6, 6.07) is 20.1. The van der Waals surface area contributed by atoms with E-state index in [1.807, 2.05) is 36.4 Å². The summed E-state index contributed by atoms with van der Waals surface area (Å²) < 4.78 is 48.3. The number of carbonyl (C=O) groups is 1. The second-order valence-corrected chi connectivity index (χ2v) is 9.19. The van der Waals surface area contributed by atoms with Crippen LogP contribution in [-0.4, -0.2) is 42.2 Å². The largest absolute Gasteiger partial charge is 0.522 e. The van der Waals surface area contributed by atoms with Crippen LogP contribution < -0.4 is 5.32 Å². The minimum atomic E-state index is -4.63. The lowest BCUT2D eigenvalue weighted by atomic mass is 9.90. The van der Waals surface area contributed by atoms with E-state index in [-0.39, 0.29) is 37.0 Å². The third-order valence-electron chi connectivity index (χ3n) is 6.45. The Hall–Kier alpha value is -2.42. The van der Waals surface area contributed by atoms with Crippen LogP contribution in [0, 0.1) is 5.92 Å². The zero-order valence-corrected chi connectivity index (χ0v) is 19.0. The molecule has 8 heteroatoms. The normalized spacial score (nSPS) is 23.9. The van der Waals surface area contributed by atoms with Crippen LogP contribution in [0.3, 0.4) is 0 Å². The maximum atomic E-state index is 12.6. The topological polar surface area (TPSA) is 50.8 Å². The molecular formula is C26H31F3N2O3. The Kier molecular flexibility index (Phi) is 8.24. The zero-order valence-electron chi connectivity index (χ0n) is 19.0. The second kappa shape index (κ2) is 11.3. The SMILES string of the molecule is O=C1CC(C[C@H](OC2CC(OC(F)(F)F)C2)N(Cc2ccccc2)Cc2ccccc2)CCN1. The van der Waals surface area contributed by atoms with Crippen molar-refractivity contribution in [3.8, 4) is 0 Å². The molecule has 34 heavy (non-hydrogen) atoms. The van der Waals surface area contributed by atoms with Gasteiger partial charge < -0.3 is 10.1 Å². The third kappa shape index (κ3) is 7.55. The van der Waals surface area contributed by atoms with Gasteiger partial charge in [0.1, 0.15) is 6.23 Å². The third-order valence-corrected chi connectivity index (χ3v) is 6.45. The van der Waals surface area contributed by atoms with Crippen LogP contribution >= 0.6 is 0 Å². The van der Waals surface area contributed by atoms with Gasteiger partial charge in [-0.2, -0.15) is 0 Å². The standard InChI is InChI=1S/C26H31F3N2O3/c27-26(28,29)34-23-15-22(16-23)33-25(14-21-11-12-30-24(32)13-21)31(17-19-7-3-1-4-8-19)18-20-9-5-2-6-10-20/h1-10,21-23,25H,11-18H2,(H,30,32)/t21?,22?,23?,25-/m0/s1. The molecule has 4 rings (SSSR count). The fraction of sp³-hybridized carbons (Fsp3) is 0.500. The Bertz CT molecular complexity index is 863. The molecule has 1 aliphatic heterocycles. The number of piperidine rings is 1. The van der Waals surface area contributed by atoms with E-state index >= 15 is 0 Å². The Morgan fingerprint density at radius 1 is 0.941 bits per heavy atom. The quantitative estimate of drug-likeness (QED) is 0.490. The number of rotatable bonds is 10. The highest BCUT2D eigenvalue weighted by atomic mass is 19.4. The van der Waals surface area contributed by atoms with Gasteiger partial charge in [-0.05, 0) is 29.9 Å². The molecule has 2 fully saturated rings. The summed E-state index contributed by atoms with van der Waals surface area (Å²) in [5.74, 6) is 0.199. The van der Waals surface area contributed by atoms with E-state index in [1.165, 1.54) is 0 Å². The highest BCUT2D eigenvalue weighted by Gasteiger charge is 2.42. The number of nitrogens with zero attached hydrogens (tertiary/aromatic N) is 1. The molecule has 1 N–H and O–H groups in total. The molecule has 184 valence electrons. The van der Waals surface area contributed by atoms with E-state index in [0.717, 1.165) is 17.5 Å². The fourth-order valence-corrected chi connectivity index (χ4v) is 4.66. The first-order valence-corrected chi connectivity index (χ1v) is 11.8. The van der Waals surface area contributed by atoms with Crippen LogP contribution in [0.2, 0.25) is 0 Å². The summed E-state index contributed by atoms with van der Waals surface area (Å²) >= 11 is 0. The van der Waals surface area contributed by atoms with Gasteiger partial charge in [-0.1, -0.05) is 60.7 Å². The maximum absolute atomic E-state index is 12.6. The van der Waals surface area contributed by atoms with Gasteiger partial charge in [0.25, 0.3) is 0 Å². The van der Waals surface area contributed by atoms with Crippen molar-refractivity contribution in [2.45, 2.75) is 70.0 Å². The molecule has 2 aliphatic rings. The fourth-order valence-electron chi connectivity index (χ4n) is 4.66. The molecule has 1 aliphatic carbocycles. The monoisotopic (exact) mass is 476 g/mol. The first-order chi connectivity index (χ1) is 16.3. The Balaban J connectivity index is 1.50. The van der Waals surface area contributed by atoms with Crippen molar-refractivity contribution >= 4 is 5.91 Å². The number of halogens is 3. The Labute approximate surface area is 198 Å². The van der Waals surface area contributed by atoms with Gasteiger partial charge in [0.05, 0.1) is 12.2 Å². The molecular weight excluding hydrogens is 445 g/mol. The van der Waals surface area contributed by atoms with Gasteiger partial charge in [0.2, 0.25) is 5.91 Å². The number of nitrogens with one attached hydrogen (secondary N) is 1. The lowest BCUT2D eigenvalue weighted by Gasteiger charge is -2.42. The van der Waals surface area contributed by atoms with Crippen LogP contribution in [0.4, 0.5) is 13.2 Å². The van der Waals surface area contributed by atoms with Crippen molar-refractivity contribution in [1.82, 2.24) is 10.2 Å². The molecule has 0 aromatic heterocycles. The van der Waals surface area contributed by atoms with Crippen molar-refractivity contribution in [1.29, 1.82) is 0 Å². The van der Waals surface area contributed by atoms with Gasteiger partial charge in [-0.25, -0.2) is 0 Å². The molecule has 2 aromatic rings. The molecule has 1 saturated heterocycles. The maximum Gasteiger partial charge on any atom is 0.522 e. The summed E-state index contributed by atoms with van der Waals surface area (Å²) in [7, 11) is 0. The highest BCUT2D eigenvalue weighted by molar-refractivity contribution is 5.76. The Morgan fingerprint density at radius 3 is 2.06 bits per heavy atom. The van der Waals surface area contributed by atoms with Gasteiger partial charge >= 0.3 is 6.36 Å².